The molecule has 6 nitrogen and oxygen atoms in total. The van der Waals surface area contributed by atoms with Crippen molar-refractivity contribution in [1.29, 1.82) is 0 Å². The van der Waals surface area contributed by atoms with Gasteiger partial charge in [0.1, 0.15) is 0 Å². The standard InChI is InChI=1S/C14H12BrN5O/c1-9(10-2-5-12(15)6-3-10)16-14(21)11-4-7-13-17-18-19-20(13)8-11/h2-9H,1H3,(H,16,21)/t9-/m1/s1. The van der Waals surface area contributed by atoms with Crippen LogP contribution in [0.25, 0.3) is 5.65 Å². The molecule has 0 radical (unpaired) electrons. The molecule has 1 amide bonds. The number of halogens is 1. The smallest absolute Gasteiger partial charge is 0.253 e. The summed E-state index contributed by atoms with van der Waals surface area (Å²) in [7, 11) is 0. The maximum Gasteiger partial charge on any atom is 0.253 e. The second-order valence-corrected chi connectivity index (χ2v) is 5.56. The molecule has 0 saturated carbocycles. The summed E-state index contributed by atoms with van der Waals surface area (Å²) in [5.74, 6) is -0.164. The SMILES string of the molecule is C[C@@H](NC(=O)c1ccc2nnnn2c1)c1ccc(Br)cc1. The Morgan fingerprint density at radius 3 is 2.76 bits per heavy atom. The first-order valence-corrected chi connectivity index (χ1v) is 7.17. The lowest BCUT2D eigenvalue weighted by Crippen LogP contribution is -2.26. The molecule has 3 rings (SSSR count). The Balaban J connectivity index is 1.77. The number of tetrazole rings is 1. The molecule has 0 spiro atoms. The van der Waals surface area contributed by atoms with Gasteiger partial charge in [-0.05, 0) is 47.2 Å². The Morgan fingerprint density at radius 1 is 1.24 bits per heavy atom. The van der Waals surface area contributed by atoms with Crippen molar-refractivity contribution in [2.45, 2.75) is 13.0 Å². The zero-order valence-corrected chi connectivity index (χ0v) is 12.8. The van der Waals surface area contributed by atoms with E-state index in [0.717, 1.165) is 10.0 Å². The van der Waals surface area contributed by atoms with Gasteiger partial charge < -0.3 is 5.32 Å². The molecule has 21 heavy (non-hydrogen) atoms. The van der Waals surface area contributed by atoms with Crippen LogP contribution in [-0.4, -0.2) is 25.9 Å². The number of hydrogen-bond donors (Lipinski definition) is 1. The third kappa shape index (κ3) is 2.92. The van der Waals surface area contributed by atoms with Gasteiger partial charge in [0, 0.05) is 10.7 Å². The van der Waals surface area contributed by atoms with E-state index in [1.165, 1.54) is 4.52 Å². The monoisotopic (exact) mass is 345 g/mol. The van der Waals surface area contributed by atoms with E-state index in [0.29, 0.717) is 11.2 Å². The highest BCUT2D eigenvalue weighted by Crippen LogP contribution is 2.17. The van der Waals surface area contributed by atoms with E-state index < -0.39 is 0 Å². The van der Waals surface area contributed by atoms with E-state index in [4.69, 9.17) is 0 Å². The number of fused-ring (bicyclic) bond motifs is 1. The summed E-state index contributed by atoms with van der Waals surface area (Å²) in [6.45, 7) is 1.94. The summed E-state index contributed by atoms with van der Waals surface area (Å²) in [5.41, 5.74) is 2.15. The summed E-state index contributed by atoms with van der Waals surface area (Å²) >= 11 is 3.39. The molecule has 0 aliphatic carbocycles. The topological polar surface area (TPSA) is 72.2 Å². The van der Waals surface area contributed by atoms with Crippen LogP contribution < -0.4 is 5.32 Å². The second-order valence-electron chi connectivity index (χ2n) is 4.65. The molecule has 0 aliphatic rings. The van der Waals surface area contributed by atoms with Gasteiger partial charge in [-0.25, -0.2) is 0 Å². The second kappa shape index (κ2) is 5.61. The summed E-state index contributed by atoms with van der Waals surface area (Å²) in [6, 6.07) is 11.2. The Morgan fingerprint density at radius 2 is 2.00 bits per heavy atom. The van der Waals surface area contributed by atoms with Gasteiger partial charge in [0.15, 0.2) is 5.65 Å². The van der Waals surface area contributed by atoms with Crippen LogP contribution in [0, 0.1) is 0 Å². The largest absolute Gasteiger partial charge is 0.345 e. The van der Waals surface area contributed by atoms with Gasteiger partial charge in [-0.1, -0.05) is 28.1 Å². The average Bonchev–Trinajstić information content (AvgIpc) is 2.95. The lowest BCUT2D eigenvalue weighted by Gasteiger charge is -2.14. The van der Waals surface area contributed by atoms with Gasteiger partial charge in [-0.15, -0.1) is 5.10 Å². The molecule has 2 aromatic heterocycles. The first kappa shape index (κ1) is 13.7. The van der Waals surface area contributed by atoms with Gasteiger partial charge in [0.05, 0.1) is 11.6 Å². The van der Waals surface area contributed by atoms with Gasteiger partial charge in [-0.2, -0.15) is 4.52 Å². The number of aromatic nitrogens is 4. The van der Waals surface area contributed by atoms with Crippen molar-refractivity contribution in [3.63, 3.8) is 0 Å². The Hall–Kier alpha value is -2.28. The average molecular weight is 346 g/mol. The lowest BCUT2D eigenvalue weighted by molar-refractivity contribution is 0.0939. The first-order chi connectivity index (χ1) is 10.1. The summed E-state index contributed by atoms with van der Waals surface area (Å²) in [4.78, 5) is 12.3. The van der Waals surface area contributed by atoms with Crippen LogP contribution in [0.15, 0.2) is 47.1 Å². The maximum atomic E-state index is 12.3. The Bertz CT molecular complexity index is 783. The van der Waals surface area contributed by atoms with Gasteiger partial charge >= 0.3 is 0 Å². The van der Waals surface area contributed by atoms with Crippen LogP contribution in [0.4, 0.5) is 0 Å². The molecule has 3 aromatic rings. The third-order valence-corrected chi connectivity index (χ3v) is 3.70. The van der Waals surface area contributed by atoms with Crippen molar-refractivity contribution in [3.8, 4) is 0 Å². The fraction of sp³-hybridized carbons (Fsp3) is 0.143. The number of nitrogens with one attached hydrogen (secondary N) is 1. The molecule has 0 saturated heterocycles. The predicted octanol–water partition coefficient (Wildman–Crippen LogP) is 2.38. The predicted molar refractivity (Wildman–Crippen MR) is 80.8 cm³/mol. The summed E-state index contributed by atoms with van der Waals surface area (Å²) in [5, 5.41) is 14.1. The van der Waals surface area contributed by atoms with Crippen molar-refractivity contribution >= 4 is 27.5 Å². The van der Waals surface area contributed by atoms with Crippen molar-refractivity contribution < 1.29 is 4.79 Å². The van der Waals surface area contributed by atoms with E-state index in [-0.39, 0.29) is 11.9 Å². The zero-order valence-electron chi connectivity index (χ0n) is 11.2. The molecular formula is C14H12BrN5O. The molecular weight excluding hydrogens is 334 g/mol. The van der Waals surface area contributed by atoms with Crippen LogP contribution >= 0.6 is 15.9 Å². The number of carbonyl (C=O) groups excluding carboxylic acids is 1. The van der Waals surface area contributed by atoms with Crippen LogP contribution in [0.5, 0.6) is 0 Å². The van der Waals surface area contributed by atoms with Gasteiger partial charge in [0.25, 0.3) is 5.91 Å². The quantitative estimate of drug-likeness (QED) is 0.790. The fourth-order valence-electron chi connectivity index (χ4n) is 1.99. The van der Waals surface area contributed by atoms with Crippen molar-refractivity contribution in [1.82, 2.24) is 25.4 Å². The van der Waals surface area contributed by atoms with Gasteiger partial charge in [-0.3, -0.25) is 4.79 Å². The first-order valence-electron chi connectivity index (χ1n) is 6.37. The highest BCUT2D eigenvalue weighted by Gasteiger charge is 2.12. The Labute approximate surface area is 129 Å². The minimum atomic E-state index is -0.164. The third-order valence-electron chi connectivity index (χ3n) is 3.17. The number of benzene rings is 1. The van der Waals surface area contributed by atoms with Crippen molar-refractivity contribution in [2.24, 2.45) is 0 Å². The normalized spacial score (nSPS) is 12.3. The van der Waals surface area contributed by atoms with E-state index in [1.54, 1.807) is 18.3 Å². The number of carbonyl (C=O) groups is 1. The van der Waals surface area contributed by atoms with E-state index >= 15 is 0 Å². The molecule has 0 unspecified atom stereocenters. The highest BCUT2D eigenvalue weighted by molar-refractivity contribution is 9.10. The van der Waals surface area contributed by atoms with E-state index in [1.807, 2.05) is 31.2 Å². The Kier molecular flexibility index (Phi) is 3.66. The molecule has 106 valence electrons. The van der Waals surface area contributed by atoms with Crippen molar-refractivity contribution in [3.05, 3.63) is 58.2 Å². The number of nitrogens with zero attached hydrogens (tertiary/aromatic N) is 4. The zero-order chi connectivity index (χ0) is 14.8. The highest BCUT2D eigenvalue weighted by atomic mass is 79.9. The molecule has 1 aromatic carbocycles. The van der Waals surface area contributed by atoms with Crippen LogP contribution in [-0.2, 0) is 0 Å². The minimum absolute atomic E-state index is 0.0878. The summed E-state index contributed by atoms with van der Waals surface area (Å²) < 4.78 is 2.48. The molecule has 7 heteroatoms. The number of pyridine rings is 1. The van der Waals surface area contributed by atoms with E-state index in [2.05, 4.69) is 36.8 Å². The van der Waals surface area contributed by atoms with Crippen molar-refractivity contribution in [2.75, 3.05) is 0 Å². The molecule has 1 N–H and O–H groups in total. The lowest BCUT2D eigenvalue weighted by atomic mass is 10.1. The molecule has 0 bridgehead atoms. The number of hydrogen-bond acceptors (Lipinski definition) is 4. The summed E-state index contributed by atoms with van der Waals surface area (Å²) in [6.07, 6.45) is 1.61. The fourth-order valence-corrected chi connectivity index (χ4v) is 2.25. The molecule has 2 heterocycles. The van der Waals surface area contributed by atoms with Crippen LogP contribution in [0.3, 0.4) is 0 Å². The minimum Gasteiger partial charge on any atom is -0.345 e. The molecule has 0 fully saturated rings. The number of rotatable bonds is 3. The molecule has 0 aliphatic heterocycles. The number of amides is 1. The van der Waals surface area contributed by atoms with Gasteiger partial charge in [0.2, 0.25) is 0 Å². The maximum absolute atomic E-state index is 12.3. The van der Waals surface area contributed by atoms with Crippen LogP contribution in [0.2, 0.25) is 0 Å². The van der Waals surface area contributed by atoms with E-state index in [9.17, 15) is 4.79 Å². The van der Waals surface area contributed by atoms with Crippen LogP contribution in [0.1, 0.15) is 28.9 Å². The molecule has 1 atom stereocenters.